The zero-order valence-electron chi connectivity index (χ0n) is 11.1. The molecule has 2 atom stereocenters. The summed E-state index contributed by atoms with van der Waals surface area (Å²) < 4.78 is 13.4. The van der Waals surface area contributed by atoms with Crippen LogP contribution in [-0.2, 0) is 11.3 Å². The molecule has 0 aromatic heterocycles. The number of hydrogen-bond acceptors (Lipinski definition) is 1. The van der Waals surface area contributed by atoms with Crippen molar-refractivity contribution in [2.45, 2.75) is 18.9 Å². The number of amides is 1. The third-order valence-electron chi connectivity index (χ3n) is 3.77. The summed E-state index contributed by atoms with van der Waals surface area (Å²) in [5, 5.41) is 2.82. The molecular formula is C17H16FNO. The maximum Gasteiger partial charge on any atom is 0.224 e. The quantitative estimate of drug-likeness (QED) is 0.907. The fourth-order valence-corrected chi connectivity index (χ4v) is 2.51. The number of rotatable bonds is 4. The van der Waals surface area contributed by atoms with E-state index in [9.17, 15) is 9.18 Å². The van der Waals surface area contributed by atoms with Crippen molar-refractivity contribution < 1.29 is 9.18 Å². The molecule has 0 heterocycles. The maximum atomic E-state index is 13.4. The van der Waals surface area contributed by atoms with E-state index in [-0.39, 0.29) is 24.2 Å². The molecule has 1 saturated carbocycles. The summed E-state index contributed by atoms with van der Waals surface area (Å²) in [6.07, 6.45) is 0.882. The number of benzene rings is 2. The van der Waals surface area contributed by atoms with Crippen LogP contribution in [-0.4, -0.2) is 5.91 Å². The first-order valence-corrected chi connectivity index (χ1v) is 6.82. The molecule has 3 rings (SSSR count). The number of carbonyl (C=O) groups is 1. The van der Waals surface area contributed by atoms with Gasteiger partial charge in [-0.25, -0.2) is 4.39 Å². The highest BCUT2D eigenvalue weighted by Crippen LogP contribution is 2.47. The Bertz CT molecular complexity index is 611. The normalized spacial score (nSPS) is 20.4. The monoisotopic (exact) mass is 269 g/mol. The topological polar surface area (TPSA) is 29.1 Å². The molecule has 2 nitrogen and oxygen atoms in total. The molecule has 2 aromatic rings. The zero-order valence-corrected chi connectivity index (χ0v) is 11.1. The van der Waals surface area contributed by atoms with Crippen molar-refractivity contribution in [3.63, 3.8) is 0 Å². The van der Waals surface area contributed by atoms with E-state index in [1.807, 2.05) is 18.2 Å². The van der Waals surface area contributed by atoms with Crippen LogP contribution in [0.5, 0.6) is 0 Å². The Labute approximate surface area is 117 Å². The number of hydrogen-bond donors (Lipinski definition) is 1. The second-order valence-corrected chi connectivity index (χ2v) is 5.17. The predicted octanol–water partition coefficient (Wildman–Crippen LogP) is 3.25. The van der Waals surface area contributed by atoms with E-state index in [2.05, 4.69) is 17.4 Å². The van der Waals surface area contributed by atoms with E-state index >= 15 is 0 Å². The van der Waals surface area contributed by atoms with Crippen LogP contribution in [0, 0.1) is 11.7 Å². The first-order valence-electron chi connectivity index (χ1n) is 6.82. The van der Waals surface area contributed by atoms with Gasteiger partial charge >= 0.3 is 0 Å². The average molecular weight is 269 g/mol. The molecule has 3 heteroatoms. The molecule has 1 amide bonds. The van der Waals surface area contributed by atoms with E-state index in [4.69, 9.17) is 0 Å². The van der Waals surface area contributed by atoms with E-state index in [1.54, 1.807) is 18.2 Å². The molecule has 0 saturated heterocycles. The van der Waals surface area contributed by atoms with Gasteiger partial charge in [0.1, 0.15) is 5.82 Å². The van der Waals surface area contributed by atoms with E-state index in [0.717, 1.165) is 6.42 Å². The molecule has 1 aliphatic rings. The van der Waals surface area contributed by atoms with Crippen molar-refractivity contribution in [1.82, 2.24) is 5.32 Å². The van der Waals surface area contributed by atoms with Gasteiger partial charge in [-0.15, -0.1) is 0 Å². The van der Waals surface area contributed by atoms with Gasteiger partial charge in [0.2, 0.25) is 5.91 Å². The van der Waals surface area contributed by atoms with Crippen LogP contribution in [0.1, 0.15) is 23.5 Å². The van der Waals surface area contributed by atoms with Gasteiger partial charge in [-0.05, 0) is 24.0 Å². The van der Waals surface area contributed by atoms with Gasteiger partial charge in [0.25, 0.3) is 0 Å². The first-order chi connectivity index (χ1) is 9.75. The van der Waals surface area contributed by atoms with Gasteiger partial charge in [0.15, 0.2) is 0 Å². The Morgan fingerprint density at radius 3 is 2.55 bits per heavy atom. The Morgan fingerprint density at radius 2 is 1.80 bits per heavy atom. The SMILES string of the molecule is O=C(NCc1ccccc1F)C1CC1c1ccccc1. The van der Waals surface area contributed by atoms with Crippen molar-refractivity contribution in [3.05, 3.63) is 71.5 Å². The molecule has 0 bridgehead atoms. The van der Waals surface area contributed by atoms with Crippen LogP contribution in [0.3, 0.4) is 0 Å². The van der Waals surface area contributed by atoms with Crippen LogP contribution in [0.4, 0.5) is 4.39 Å². The van der Waals surface area contributed by atoms with Gasteiger partial charge in [0.05, 0.1) is 0 Å². The Kier molecular flexibility index (Phi) is 3.50. The second kappa shape index (κ2) is 5.45. The molecule has 1 N–H and O–H groups in total. The fraction of sp³-hybridized carbons (Fsp3) is 0.235. The molecule has 2 aromatic carbocycles. The van der Waals surface area contributed by atoms with Crippen LogP contribution in [0.15, 0.2) is 54.6 Å². The van der Waals surface area contributed by atoms with Crippen molar-refractivity contribution in [1.29, 1.82) is 0 Å². The highest BCUT2D eigenvalue weighted by atomic mass is 19.1. The molecule has 1 fully saturated rings. The lowest BCUT2D eigenvalue weighted by Gasteiger charge is -2.06. The minimum atomic E-state index is -0.275. The molecule has 0 aliphatic heterocycles. The largest absolute Gasteiger partial charge is 0.352 e. The van der Waals surface area contributed by atoms with Crippen molar-refractivity contribution in [2.75, 3.05) is 0 Å². The van der Waals surface area contributed by atoms with E-state index < -0.39 is 0 Å². The highest BCUT2D eigenvalue weighted by Gasteiger charge is 2.43. The number of halogens is 1. The lowest BCUT2D eigenvalue weighted by atomic mass is 10.1. The Hall–Kier alpha value is -2.16. The van der Waals surface area contributed by atoms with Crippen LogP contribution >= 0.6 is 0 Å². The summed E-state index contributed by atoms with van der Waals surface area (Å²) in [4.78, 5) is 12.0. The summed E-state index contributed by atoms with van der Waals surface area (Å²) in [7, 11) is 0. The van der Waals surface area contributed by atoms with Crippen LogP contribution in [0.2, 0.25) is 0 Å². The fourth-order valence-electron chi connectivity index (χ4n) is 2.51. The maximum absolute atomic E-state index is 13.4. The Balaban J connectivity index is 1.56. The summed E-state index contributed by atoms with van der Waals surface area (Å²) in [6.45, 7) is 0.253. The van der Waals surface area contributed by atoms with Crippen molar-refractivity contribution >= 4 is 5.91 Å². The van der Waals surface area contributed by atoms with Gasteiger partial charge in [-0.1, -0.05) is 48.5 Å². The predicted molar refractivity (Wildman–Crippen MR) is 75.5 cm³/mol. The minimum absolute atomic E-state index is 0.0158. The van der Waals surface area contributed by atoms with Crippen molar-refractivity contribution in [2.24, 2.45) is 5.92 Å². The van der Waals surface area contributed by atoms with Crippen LogP contribution < -0.4 is 5.32 Å². The summed E-state index contributed by atoms with van der Waals surface area (Å²) in [6, 6.07) is 16.6. The molecule has 20 heavy (non-hydrogen) atoms. The molecule has 0 spiro atoms. The third kappa shape index (κ3) is 2.72. The van der Waals surface area contributed by atoms with Gasteiger partial charge < -0.3 is 5.32 Å². The third-order valence-corrected chi connectivity index (χ3v) is 3.77. The van der Waals surface area contributed by atoms with Gasteiger partial charge in [-0.2, -0.15) is 0 Å². The van der Waals surface area contributed by atoms with Gasteiger partial charge in [0, 0.05) is 18.0 Å². The van der Waals surface area contributed by atoms with E-state index in [1.165, 1.54) is 11.6 Å². The molecule has 1 aliphatic carbocycles. The minimum Gasteiger partial charge on any atom is -0.352 e. The van der Waals surface area contributed by atoms with Crippen molar-refractivity contribution in [3.8, 4) is 0 Å². The summed E-state index contributed by atoms with van der Waals surface area (Å²) in [5.41, 5.74) is 1.73. The molecule has 2 unspecified atom stereocenters. The lowest BCUT2D eigenvalue weighted by molar-refractivity contribution is -0.122. The first kappa shape index (κ1) is 12.9. The number of carbonyl (C=O) groups excluding carboxylic acids is 1. The Morgan fingerprint density at radius 1 is 1.10 bits per heavy atom. The second-order valence-electron chi connectivity index (χ2n) is 5.17. The standard InChI is InChI=1S/C17H16FNO/c18-16-9-5-4-8-13(16)11-19-17(20)15-10-14(15)12-6-2-1-3-7-12/h1-9,14-15H,10-11H2,(H,19,20). The zero-order chi connectivity index (χ0) is 13.9. The number of nitrogens with one attached hydrogen (secondary N) is 1. The molecule has 102 valence electrons. The average Bonchev–Trinajstić information content (AvgIpc) is 3.28. The highest BCUT2D eigenvalue weighted by molar-refractivity contribution is 5.82. The van der Waals surface area contributed by atoms with Crippen LogP contribution in [0.25, 0.3) is 0 Å². The lowest BCUT2D eigenvalue weighted by Crippen LogP contribution is -2.25. The smallest absolute Gasteiger partial charge is 0.224 e. The molecular weight excluding hydrogens is 253 g/mol. The van der Waals surface area contributed by atoms with E-state index in [0.29, 0.717) is 11.5 Å². The molecule has 0 radical (unpaired) electrons. The summed E-state index contributed by atoms with van der Waals surface area (Å²) >= 11 is 0. The summed E-state index contributed by atoms with van der Waals surface area (Å²) in [5.74, 6) is 0.0892. The van der Waals surface area contributed by atoms with Gasteiger partial charge in [-0.3, -0.25) is 4.79 Å².